The molecule has 0 saturated heterocycles. The number of aliphatic carboxylic acids is 1. The van der Waals surface area contributed by atoms with E-state index in [9.17, 15) is 14.7 Å². The van der Waals surface area contributed by atoms with Gasteiger partial charge in [0.05, 0.1) is 19.6 Å². The third kappa shape index (κ3) is 4.43. The number of carboxylic acid groups (broad SMARTS) is 1. The topological polar surface area (TPSA) is 94.1 Å². The Labute approximate surface area is 160 Å². The Bertz CT molecular complexity index is 835. The molecule has 1 aliphatic heterocycles. The first-order chi connectivity index (χ1) is 13.0. The van der Waals surface area contributed by atoms with Gasteiger partial charge in [-0.05, 0) is 29.8 Å². The predicted octanol–water partition coefficient (Wildman–Crippen LogP) is 3.07. The van der Waals surface area contributed by atoms with Crippen molar-refractivity contribution in [1.82, 2.24) is 5.32 Å². The number of methoxy groups -OCH3 is 1. The molecule has 0 saturated carbocycles. The lowest BCUT2D eigenvalue weighted by Gasteiger charge is -2.22. The zero-order valence-corrected chi connectivity index (χ0v) is 15.3. The summed E-state index contributed by atoms with van der Waals surface area (Å²) in [6, 6.07) is 9.01. The molecule has 0 radical (unpaired) electrons. The lowest BCUT2D eigenvalue weighted by molar-refractivity contribution is -0.137. The van der Waals surface area contributed by atoms with Gasteiger partial charge in [-0.15, -0.1) is 0 Å². The Balaban J connectivity index is 1.87. The van der Waals surface area contributed by atoms with Crippen LogP contribution in [0, 0.1) is 0 Å². The summed E-state index contributed by atoms with van der Waals surface area (Å²) in [6.07, 6.45) is -0.269. The highest BCUT2D eigenvalue weighted by atomic mass is 35.5. The summed E-state index contributed by atoms with van der Waals surface area (Å²) in [5.74, 6) is -0.257. The van der Waals surface area contributed by atoms with Gasteiger partial charge in [0.2, 0.25) is 5.75 Å². The number of rotatable bonds is 6. The van der Waals surface area contributed by atoms with E-state index in [-0.39, 0.29) is 12.0 Å². The Morgan fingerprint density at radius 1 is 1.22 bits per heavy atom. The Morgan fingerprint density at radius 3 is 2.59 bits per heavy atom. The van der Waals surface area contributed by atoms with Gasteiger partial charge in [-0.2, -0.15) is 0 Å². The van der Waals surface area contributed by atoms with Gasteiger partial charge in [-0.25, -0.2) is 0 Å². The number of fused-ring (bicyclic) bond motifs is 1. The lowest BCUT2D eigenvalue weighted by Crippen LogP contribution is -2.30. The van der Waals surface area contributed by atoms with Gasteiger partial charge in [0, 0.05) is 10.6 Å². The fourth-order valence-electron chi connectivity index (χ4n) is 2.77. The van der Waals surface area contributed by atoms with Crippen LogP contribution in [0.5, 0.6) is 17.2 Å². The van der Waals surface area contributed by atoms with Crippen molar-refractivity contribution in [3.05, 3.63) is 52.5 Å². The number of carbonyl (C=O) groups is 2. The highest BCUT2D eigenvalue weighted by molar-refractivity contribution is 6.30. The van der Waals surface area contributed by atoms with E-state index in [0.717, 1.165) is 0 Å². The summed E-state index contributed by atoms with van der Waals surface area (Å²) in [6.45, 7) is 0.764. The van der Waals surface area contributed by atoms with Crippen molar-refractivity contribution in [3.8, 4) is 17.2 Å². The lowest BCUT2D eigenvalue weighted by atomic mass is 10.0. The number of benzene rings is 2. The second-order valence-corrected chi connectivity index (χ2v) is 6.31. The summed E-state index contributed by atoms with van der Waals surface area (Å²) in [5.41, 5.74) is 0.917. The van der Waals surface area contributed by atoms with E-state index in [1.54, 1.807) is 30.3 Å². The first-order valence-electron chi connectivity index (χ1n) is 8.23. The molecule has 27 heavy (non-hydrogen) atoms. The van der Waals surface area contributed by atoms with Gasteiger partial charge in [-0.1, -0.05) is 23.7 Å². The molecule has 142 valence electrons. The van der Waals surface area contributed by atoms with E-state index in [4.69, 9.17) is 25.8 Å². The number of nitrogens with one attached hydrogen (secondary N) is 1. The van der Waals surface area contributed by atoms with Crippen molar-refractivity contribution < 1.29 is 28.9 Å². The average molecular weight is 392 g/mol. The summed E-state index contributed by atoms with van der Waals surface area (Å²) >= 11 is 5.88. The van der Waals surface area contributed by atoms with E-state index >= 15 is 0 Å². The van der Waals surface area contributed by atoms with Crippen LogP contribution in [0.15, 0.2) is 36.4 Å². The highest BCUT2D eigenvalue weighted by Crippen LogP contribution is 2.40. The number of halogens is 1. The number of amides is 1. The molecule has 0 bridgehead atoms. The van der Waals surface area contributed by atoms with Gasteiger partial charge in [0.1, 0.15) is 13.2 Å². The average Bonchev–Trinajstić information content (AvgIpc) is 2.66. The van der Waals surface area contributed by atoms with Gasteiger partial charge in [0.25, 0.3) is 5.91 Å². The Morgan fingerprint density at radius 2 is 1.93 bits per heavy atom. The maximum atomic E-state index is 12.7. The normalized spacial score (nSPS) is 13.6. The summed E-state index contributed by atoms with van der Waals surface area (Å²) in [7, 11) is 1.47. The minimum absolute atomic E-state index is 0.269. The van der Waals surface area contributed by atoms with Crippen LogP contribution >= 0.6 is 11.6 Å². The number of carbonyl (C=O) groups excluding carboxylic acids is 1. The second kappa shape index (κ2) is 8.18. The van der Waals surface area contributed by atoms with Crippen LogP contribution < -0.4 is 19.5 Å². The smallest absolute Gasteiger partial charge is 0.305 e. The molecule has 2 N–H and O–H groups in total. The predicted molar refractivity (Wildman–Crippen MR) is 97.9 cm³/mol. The minimum Gasteiger partial charge on any atom is -0.493 e. The molecule has 1 amide bonds. The van der Waals surface area contributed by atoms with Crippen LogP contribution in [0.4, 0.5) is 0 Å². The monoisotopic (exact) mass is 391 g/mol. The van der Waals surface area contributed by atoms with Crippen molar-refractivity contribution in [2.24, 2.45) is 0 Å². The molecule has 2 aromatic rings. The molecule has 0 fully saturated rings. The molecule has 0 unspecified atom stereocenters. The zero-order valence-electron chi connectivity index (χ0n) is 14.5. The van der Waals surface area contributed by atoms with Gasteiger partial charge >= 0.3 is 5.97 Å². The summed E-state index contributed by atoms with van der Waals surface area (Å²) < 4.78 is 16.3. The first kappa shape index (κ1) is 18.8. The molecule has 0 aromatic heterocycles. The van der Waals surface area contributed by atoms with E-state index in [2.05, 4.69) is 5.32 Å². The molecule has 0 aliphatic carbocycles. The van der Waals surface area contributed by atoms with Crippen LogP contribution in [0.1, 0.15) is 28.4 Å². The van der Waals surface area contributed by atoms with Crippen LogP contribution in [0.3, 0.4) is 0 Å². The van der Waals surface area contributed by atoms with E-state index in [1.807, 2.05) is 0 Å². The van der Waals surface area contributed by atoms with Crippen molar-refractivity contribution in [2.45, 2.75) is 12.5 Å². The molecular weight excluding hydrogens is 374 g/mol. The zero-order chi connectivity index (χ0) is 19.4. The van der Waals surface area contributed by atoms with Crippen LogP contribution in [0.25, 0.3) is 0 Å². The summed E-state index contributed by atoms with van der Waals surface area (Å²) in [5, 5.41) is 12.5. The molecule has 1 atom stereocenters. The first-order valence-corrected chi connectivity index (χ1v) is 8.61. The Kier molecular flexibility index (Phi) is 5.71. The fraction of sp³-hybridized carbons (Fsp3) is 0.263. The molecule has 7 nitrogen and oxygen atoms in total. The third-order valence-corrected chi connectivity index (χ3v) is 4.30. The molecule has 8 heteroatoms. The quantitative estimate of drug-likeness (QED) is 0.786. The van der Waals surface area contributed by atoms with Crippen molar-refractivity contribution in [3.63, 3.8) is 0 Å². The van der Waals surface area contributed by atoms with Gasteiger partial charge in [0.15, 0.2) is 11.5 Å². The molecular formula is C19H18ClNO6. The fourth-order valence-corrected chi connectivity index (χ4v) is 2.89. The number of hydrogen-bond acceptors (Lipinski definition) is 5. The maximum Gasteiger partial charge on any atom is 0.305 e. The van der Waals surface area contributed by atoms with E-state index in [1.165, 1.54) is 13.2 Å². The number of hydrogen-bond donors (Lipinski definition) is 2. The largest absolute Gasteiger partial charge is 0.493 e. The molecule has 1 aliphatic rings. The Hall–Kier alpha value is -2.93. The van der Waals surface area contributed by atoms with Crippen LogP contribution in [-0.2, 0) is 4.79 Å². The van der Waals surface area contributed by atoms with E-state index < -0.39 is 17.9 Å². The molecule has 1 heterocycles. The SMILES string of the molecule is COc1cc(C(=O)N[C@@H](CC(=O)O)c2ccc(Cl)cc2)cc2c1OCCO2. The van der Waals surface area contributed by atoms with Gasteiger partial charge in [-0.3, -0.25) is 9.59 Å². The van der Waals surface area contributed by atoms with Crippen molar-refractivity contribution in [1.29, 1.82) is 0 Å². The number of ether oxygens (including phenoxy) is 3. The van der Waals surface area contributed by atoms with Crippen LogP contribution in [0.2, 0.25) is 5.02 Å². The third-order valence-electron chi connectivity index (χ3n) is 4.05. The molecule has 0 spiro atoms. The molecule has 2 aromatic carbocycles. The van der Waals surface area contributed by atoms with Crippen LogP contribution in [-0.4, -0.2) is 37.3 Å². The number of carboxylic acids is 1. The van der Waals surface area contributed by atoms with E-state index in [0.29, 0.717) is 41.0 Å². The maximum absolute atomic E-state index is 12.7. The second-order valence-electron chi connectivity index (χ2n) is 5.88. The van der Waals surface area contributed by atoms with Crippen molar-refractivity contribution >= 4 is 23.5 Å². The summed E-state index contributed by atoms with van der Waals surface area (Å²) in [4.78, 5) is 24.0. The minimum atomic E-state index is -1.03. The highest BCUT2D eigenvalue weighted by Gasteiger charge is 2.23. The van der Waals surface area contributed by atoms with Crippen molar-refractivity contribution in [2.75, 3.05) is 20.3 Å². The standard InChI is InChI=1S/C19H18ClNO6/c1-25-15-8-12(9-16-18(15)27-7-6-26-16)19(24)21-14(10-17(22)23)11-2-4-13(20)5-3-11/h2-5,8-9,14H,6-7,10H2,1H3,(H,21,24)(H,22,23)/t14-/m0/s1. The molecule has 3 rings (SSSR count). The van der Waals surface area contributed by atoms with Gasteiger partial charge < -0.3 is 24.6 Å².